The van der Waals surface area contributed by atoms with Crippen LogP contribution in [0.2, 0.25) is 0 Å². The van der Waals surface area contributed by atoms with E-state index in [0.717, 1.165) is 25.7 Å². The van der Waals surface area contributed by atoms with Crippen molar-refractivity contribution in [2.45, 2.75) is 44.2 Å². The Morgan fingerprint density at radius 3 is 2.81 bits per heavy atom. The molecule has 2 rings (SSSR count). The lowest BCUT2D eigenvalue weighted by Crippen LogP contribution is -2.38. The third kappa shape index (κ3) is 4.27. The van der Waals surface area contributed by atoms with E-state index in [1.165, 1.54) is 9.78 Å². The average molecular weight is 313 g/mol. The van der Waals surface area contributed by atoms with Crippen LogP contribution in [0.15, 0.2) is 17.5 Å². The molecule has 1 N–H and O–H groups in total. The molecule has 1 saturated heterocycles. The van der Waals surface area contributed by atoms with Crippen LogP contribution in [-0.4, -0.2) is 40.6 Å². The Balaban J connectivity index is 1.63. The van der Waals surface area contributed by atoms with Crippen LogP contribution in [-0.2, 0) is 16.0 Å². The fourth-order valence-corrected chi connectivity index (χ4v) is 3.28. The predicted octanol–water partition coefficient (Wildman–Crippen LogP) is 2.88. The van der Waals surface area contributed by atoms with Gasteiger partial charge in [0.05, 0.1) is 6.54 Å². The van der Waals surface area contributed by atoms with Gasteiger partial charge in [0.1, 0.15) is 0 Å². The Kier molecular flexibility index (Phi) is 5.33. The highest BCUT2D eigenvalue weighted by molar-refractivity contribution is 7.09. The van der Waals surface area contributed by atoms with Gasteiger partial charge in [0.2, 0.25) is 11.6 Å². The molecule has 0 radical (unpaired) electrons. The highest BCUT2D eigenvalue weighted by Gasteiger charge is 2.46. The van der Waals surface area contributed by atoms with Gasteiger partial charge < -0.3 is 10.0 Å². The summed E-state index contributed by atoms with van der Waals surface area (Å²) in [5.41, 5.74) is -2.26. The van der Waals surface area contributed by atoms with E-state index in [1.54, 1.807) is 11.3 Å². The molecule has 1 atom stereocenters. The van der Waals surface area contributed by atoms with Crippen LogP contribution in [0.5, 0.6) is 0 Å². The van der Waals surface area contributed by atoms with E-state index in [-0.39, 0.29) is 25.4 Å². The Hall–Kier alpha value is -1.43. The van der Waals surface area contributed by atoms with E-state index in [2.05, 4.69) is 11.4 Å². The number of likely N-dealkylation sites (tertiary alicyclic amines) is 1. The molecule has 0 saturated carbocycles. The first-order valence-corrected chi connectivity index (χ1v) is 8.12. The number of alkyl halides is 1. The van der Waals surface area contributed by atoms with Crippen molar-refractivity contribution in [1.82, 2.24) is 4.90 Å². The fraction of sp³-hybridized carbons (Fsp3) is 0.600. The van der Waals surface area contributed by atoms with Crippen molar-refractivity contribution < 1.29 is 19.1 Å². The smallest absolute Gasteiger partial charge is 0.343 e. The molecular weight excluding hydrogens is 293 g/mol. The number of aliphatic carboxylic acids is 1. The predicted molar refractivity (Wildman–Crippen MR) is 79.2 cm³/mol. The second-order valence-corrected chi connectivity index (χ2v) is 6.51. The van der Waals surface area contributed by atoms with Crippen LogP contribution in [0.25, 0.3) is 0 Å². The topological polar surface area (TPSA) is 57.6 Å². The average Bonchev–Trinajstić information content (AvgIpc) is 3.08. The molecular formula is C15H20FNO3S. The lowest BCUT2D eigenvalue weighted by Gasteiger charge is -2.17. The zero-order valence-corrected chi connectivity index (χ0v) is 12.7. The Bertz CT molecular complexity index is 491. The number of hydrogen-bond acceptors (Lipinski definition) is 3. The maximum atomic E-state index is 13.9. The molecule has 1 amide bonds. The van der Waals surface area contributed by atoms with Gasteiger partial charge >= 0.3 is 5.97 Å². The van der Waals surface area contributed by atoms with Gasteiger partial charge in [-0.05, 0) is 30.7 Å². The number of carbonyl (C=O) groups is 2. The molecule has 1 aromatic rings. The minimum absolute atomic E-state index is 0.105. The quantitative estimate of drug-likeness (QED) is 0.788. The van der Waals surface area contributed by atoms with E-state index < -0.39 is 11.6 Å². The molecule has 0 aliphatic carbocycles. The summed E-state index contributed by atoms with van der Waals surface area (Å²) in [5.74, 6) is -1.60. The molecule has 116 valence electrons. The first kappa shape index (κ1) is 15.9. The summed E-state index contributed by atoms with van der Waals surface area (Å²) in [7, 11) is 0. The number of unbranched alkanes of at least 4 members (excludes halogenated alkanes) is 2. The zero-order valence-electron chi connectivity index (χ0n) is 11.9. The van der Waals surface area contributed by atoms with Gasteiger partial charge in [0.15, 0.2) is 0 Å². The maximum absolute atomic E-state index is 13.9. The Morgan fingerprint density at radius 1 is 1.38 bits per heavy atom. The van der Waals surface area contributed by atoms with Crippen molar-refractivity contribution in [2.75, 3.05) is 13.1 Å². The molecule has 0 spiro atoms. The highest BCUT2D eigenvalue weighted by Crippen LogP contribution is 2.26. The number of amides is 1. The third-order valence-corrected chi connectivity index (χ3v) is 4.79. The van der Waals surface area contributed by atoms with Crippen molar-refractivity contribution >= 4 is 23.2 Å². The summed E-state index contributed by atoms with van der Waals surface area (Å²) in [4.78, 5) is 25.4. The summed E-state index contributed by atoms with van der Waals surface area (Å²) >= 11 is 1.74. The second-order valence-electron chi connectivity index (χ2n) is 5.48. The molecule has 21 heavy (non-hydrogen) atoms. The van der Waals surface area contributed by atoms with E-state index in [4.69, 9.17) is 5.11 Å². The lowest BCUT2D eigenvalue weighted by atomic mass is 10.1. The van der Waals surface area contributed by atoms with Gasteiger partial charge in [0, 0.05) is 24.3 Å². The molecule has 2 heterocycles. The SMILES string of the molecule is O=C(CCCCCc1cccs1)N1CCC(F)(C(=O)O)C1. The zero-order chi connectivity index (χ0) is 15.3. The van der Waals surface area contributed by atoms with E-state index in [9.17, 15) is 14.0 Å². The molecule has 1 aromatic heterocycles. The Labute approximate surface area is 127 Å². The van der Waals surface area contributed by atoms with Crippen molar-refractivity contribution in [3.63, 3.8) is 0 Å². The summed E-state index contributed by atoms with van der Waals surface area (Å²) in [6.07, 6.45) is 4.06. The number of nitrogens with zero attached hydrogens (tertiary/aromatic N) is 1. The normalized spacial score (nSPS) is 21.7. The number of carbonyl (C=O) groups excluding carboxylic acids is 1. The molecule has 1 aliphatic heterocycles. The number of hydrogen-bond donors (Lipinski definition) is 1. The van der Waals surface area contributed by atoms with Crippen LogP contribution >= 0.6 is 11.3 Å². The molecule has 0 bridgehead atoms. The molecule has 0 aromatic carbocycles. The number of halogens is 1. The summed E-state index contributed by atoms with van der Waals surface area (Å²) in [6, 6.07) is 4.13. The van der Waals surface area contributed by atoms with Crippen LogP contribution in [0.3, 0.4) is 0 Å². The number of carboxylic acids is 1. The van der Waals surface area contributed by atoms with Crippen molar-refractivity contribution in [1.29, 1.82) is 0 Å². The monoisotopic (exact) mass is 313 g/mol. The number of thiophene rings is 1. The standard InChI is InChI=1S/C15H20FNO3S/c16-15(14(19)20)8-9-17(11-15)13(18)7-3-1-2-5-12-6-4-10-21-12/h4,6,10H,1-3,5,7-9,11H2,(H,19,20). The van der Waals surface area contributed by atoms with Gasteiger partial charge in [-0.3, -0.25) is 4.79 Å². The first-order chi connectivity index (χ1) is 10.0. The lowest BCUT2D eigenvalue weighted by molar-refractivity contribution is -0.150. The molecule has 4 nitrogen and oxygen atoms in total. The van der Waals surface area contributed by atoms with E-state index in [1.807, 2.05) is 6.07 Å². The van der Waals surface area contributed by atoms with Crippen LogP contribution in [0.1, 0.15) is 37.0 Å². The first-order valence-electron chi connectivity index (χ1n) is 7.24. The van der Waals surface area contributed by atoms with Gasteiger partial charge in [-0.15, -0.1) is 11.3 Å². The Morgan fingerprint density at radius 2 is 2.19 bits per heavy atom. The molecule has 1 fully saturated rings. The van der Waals surface area contributed by atoms with Crippen LogP contribution in [0, 0.1) is 0 Å². The van der Waals surface area contributed by atoms with Crippen molar-refractivity contribution in [3.8, 4) is 0 Å². The summed E-state index contributed by atoms with van der Waals surface area (Å²) < 4.78 is 13.9. The van der Waals surface area contributed by atoms with Gasteiger partial charge in [-0.2, -0.15) is 0 Å². The van der Waals surface area contributed by atoms with Crippen molar-refractivity contribution in [2.24, 2.45) is 0 Å². The maximum Gasteiger partial charge on any atom is 0.343 e. The number of carboxylic acid groups (broad SMARTS) is 1. The molecule has 1 unspecified atom stereocenters. The number of rotatable bonds is 7. The van der Waals surface area contributed by atoms with Crippen LogP contribution < -0.4 is 0 Å². The minimum atomic E-state index is -2.26. The number of aryl methyl sites for hydroxylation is 1. The second kappa shape index (κ2) is 7.02. The third-order valence-electron chi connectivity index (χ3n) is 3.85. The van der Waals surface area contributed by atoms with E-state index >= 15 is 0 Å². The van der Waals surface area contributed by atoms with Gasteiger partial charge in [0.25, 0.3) is 0 Å². The molecule has 1 aliphatic rings. The van der Waals surface area contributed by atoms with Gasteiger partial charge in [-0.1, -0.05) is 12.5 Å². The summed E-state index contributed by atoms with van der Waals surface area (Å²) in [6.45, 7) is -0.104. The van der Waals surface area contributed by atoms with Crippen molar-refractivity contribution in [3.05, 3.63) is 22.4 Å². The highest BCUT2D eigenvalue weighted by atomic mass is 32.1. The minimum Gasteiger partial charge on any atom is -0.479 e. The largest absolute Gasteiger partial charge is 0.479 e. The van der Waals surface area contributed by atoms with Gasteiger partial charge in [-0.25, -0.2) is 9.18 Å². The molecule has 6 heteroatoms. The van der Waals surface area contributed by atoms with Crippen LogP contribution in [0.4, 0.5) is 4.39 Å². The fourth-order valence-electron chi connectivity index (χ4n) is 2.53. The summed E-state index contributed by atoms with van der Waals surface area (Å²) in [5, 5.41) is 10.9. The van der Waals surface area contributed by atoms with E-state index in [0.29, 0.717) is 6.42 Å².